The first-order valence-corrected chi connectivity index (χ1v) is 5.17. The zero-order chi connectivity index (χ0) is 11.6. The molecule has 1 aromatic heterocycles. The Balaban J connectivity index is 3.36. The van der Waals surface area contributed by atoms with E-state index in [1.54, 1.807) is 0 Å². The summed E-state index contributed by atoms with van der Waals surface area (Å²) in [6.07, 6.45) is 1.18. The minimum atomic E-state index is -0.781. The fourth-order valence-electron chi connectivity index (χ4n) is 1.02. The molecule has 0 N–H and O–H groups in total. The van der Waals surface area contributed by atoms with Crippen LogP contribution in [0.2, 0.25) is 0 Å². The van der Waals surface area contributed by atoms with Gasteiger partial charge in [0.15, 0.2) is 0 Å². The molecule has 0 aromatic carbocycles. The van der Waals surface area contributed by atoms with Crippen molar-refractivity contribution in [2.75, 3.05) is 0 Å². The normalized spacial score (nSPS) is 11.6. The van der Waals surface area contributed by atoms with Crippen LogP contribution < -0.4 is 0 Å². The topological polar surface area (TPSA) is 17.1 Å². The van der Waals surface area contributed by atoms with Crippen LogP contribution in [-0.4, -0.2) is 5.24 Å². The molecule has 0 saturated heterocycles. The van der Waals surface area contributed by atoms with E-state index in [1.807, 2.05) is 0 Å². The molecule has 5 heteroatoms. The maximum absolute atomic E-state index is 13.3. The second-order valence-electron chi connectivity index (χ2n) is 2.67. The zero-order valence-corrected chi connectivity index (χ0v) is 9.38. The summed E-state index contributed by atoms with van der Waals surface area (Å²) in [6, 6.07) is 1.22. The fraction of sp³-hybridized carbons (Fsp3) is 0.100. The second kappa shape index (κ2) is 4.68. The SMILES string of the molecule is C=C(F)c1sc(C(=O)Cl)cc1/C(F)=C\C. The molecule has 80 valence electrons. The zero-order valence-electron chi connectivity index (χ0n) is 7.81. The third-order valence-electron chi connectivity index (χ3n) is 1.68. The van der Waals surface area contributed by atoms with Gasteiger partial charge in [-0.25, -0.2) is 8.78 Å². The summed E-state index contributed by atoms with van der Waals surface area (Å²) in [5.74, 6) is -1.39. The van der Waals surface area contributed by atoms with Crippen molar-refractivity contribution in [3.63, 3.8) is 0 Å². The number of halogens is 3. The highest BCUT2D eigenvalue weighted by atomic mass is 35.5. The molecule has 0 aliphatic rings. The van der Waals surface area contributed by atoms with E-state index in [-0.39, 0.29) is 15.3 Å². The van der Waals surface area contributed by atoms with Crippen molar-refractivity contribution in [1.29, 1.82) is 0 Å². The molecule has 1 nitrogen and oxygen atoms in total. The third-order valence-corrected chi connectivity index (χ3v) is 3.17. The molecule has 1 heterocycles. The Labute approximate surface area is 94.7 Å². The Morgan fingerprint density at radius 3 is 2.60 bits per heavy atom. The maximum Gasteiger partial charge on any atom is 0.262 e. The maximum atomic E-state index is 13.3. The quantitative estimate of drug-likeness (QED) is 0.725. The van der Waals surface area contributed by atoms with Gasteiger partial charge >= 0.3 is 0 Å². The molecule has 1 rings (SSSR count). The highest BCUT2D eigenvalue weighted by Gasteiger charge is 2.17. The molecule has 1 aromatic rings. The Hall–Kier alpha value is -1.00. The van der Waals surface area contributed by atoms with Crippen LogP contribution >= 0.6 is 22.9 Å². The predicted molar refractivity (Wildman–Crippen MR) is 59.4 cm³/mol. The van der Waals surface area contributed by atoms with Crippen molar-refractivity contribution in [2.45, 2.75) is 6.92 Å². The average Bonchev–Trinajstić information content (AvgIpc) is 2.61. The summed E-state index contributed by atoms with van der Waals surface area (Å²) in [4.78, 5) is 10.9. The summed E-state index contributed by atoms with van der Waals surface area (Å²) in [5, 5.41) is -0.738. The van der Waals surface area contributed by atoms with Gasteiger partial charge in [-0.3, -0.25) is 4.79 Å². The van der Waals surface area contributed by atoms with E-state index in [0.717, 1.165) is 11.3 Å². The highest BCUT2D eigenvalue weighted by Crippen LogP contribution is 2.34. The molecule has 0 atom stereocenters. The van der Waals surface area contributed by atoms with E-state index in [0.29, 0.717) is 0 Å². The standard InChI is InChI=1S/C10H7ClF2OS/c1-3-7(13)6-4-8(10(11)14)15-9(6)5(2)12/h3-4H,2H2,1H3/b7-3+. The van der Waals surface area contributed by atoms with Crippen molar-refractivity contribution < 1.29 is 13.6 Å². The lowest BCUT2D eigenvalue weighted by Crippen LogP contribution is -1.81. The number of hydrogen-bond donors (Lipinski definition) is 0. The molecular formula is C10H7ClF2OS. The van der Waals surface area contributed by atoms with Gasteiger partial charge in [-0.1, -0.05) is 12.7 Å². The third kappa shape index (κ3) is 2.52. The van der Waals surface area contributed by atoms with Crippen LogP contribution in [0.15, 0.2) is 18.7 Å². The summed E-state index contributed by atoms with van der Waals surface area (Å²) < 4.78 is 26.2. The first-order chi connectivity index (χ1) is 6.97. The number of carbonyl (C=O) groups is 1. The summed E-state index contributed by atoms with van der Waals surface area (Å²) >= 11 is 6.00. The van der Waals surface area contributed by atoms with Crippen LogP contribution in [0.4, 0.5) is 8.78 Å². The van der Waals surface area contributed by atoms with Gasteiger partial charge in [-0.15, -0.1) is 11.3 Å². The van der Waals surface area contributed by atoms with E-state index in [1.165, 1.54) is 19.1 Å². The first-order valence-electron chi connectivity index (χ1n) is 3.98. The number of thiophene rings is 1. The fourth-order valence-corrected chi connectivity index (χ4v) is 2.05. The molecule has 0 unspecified atom stereocenters. The van der Waals surface area contributed by atoms with Gasteiger partial charge < -0.3 is 0 Å². The lowest BCUT2D eigenvalue weighted by molar-refractivity contribution is 0.108. The second-order valence-corrected chi connectivity index (χ2v) is 4.06. The predicted octanol–water partition coefficient (Wildman–Crippen LogP) is 4.40. The van der Waals surface area contributed by atoms with Gasteiger partial charge in [0.2, 0.25) is 0 Å². The molecule has 0 spiro atoms. The number of allylic oxidation sites excluding steroid dienone is 1. The van der Waals surface area contributed by atoms with E-state index >= 15 is 0 Å². The van der Waals surface area contributed by atoms with Crippen LogP contribution in [-0.2, 0) is 0 Å². The van der Waals surface area contributed by atoms with E-state index in [9.17, 15) is 13.6 Å². The molecule has 0 aliphatic carbocycles. The lowest BCUT2D eigenvalue weighted by Gasteiger charge is -1.95. The van der Waals surface area contributed by atoms with Crippen LogP contribution in [0.3, 0.4) is 0 Å². The average molecular weight is 249 g/mol. The molecule has 0 fully saturated rings. The van der Waals surface area contributed by atoms with Crippen molar-refractivity contribution in [3.8, 4) is 0 Å². The molecule has 0 bridgehead atoms. The van der Waals surface area contributed by atoms with E-state index in [4.69, 9.17) is 11.6 Å². The molecule has 15 heavy (non-hydrogen) atoms. The van der Waals surface area contributed by atoms with Gasteiger partial charge in [-0.2, -0.15) is 0 Å². The molecule has 0 radical (unpaired) electrons. The summed E-state index contributed by atoms with van der Waals surface area (Å²) in [5.41, 5.74) is 0.0130. The molecular weight excluding hydrogens is 242 g/mol. The number of carbonyl (C=O) groups excluding carboxylic acids is 1. The van der Waals surface area contributed by atoms with Crippen molar-refractivity contribution in [2.24, 2.45) is 0 Å². The molecule has 0 aliphatic heterocycles. The van der Waals surface area contributed by atoms with Gasteiger partial charge in [0, 0.05) is 5.56 Å². The Morgan fingerprint density at radius 1 is 1.60 bits per heavy atom. The first kappa shape index (κ1) is 12.1. The van der Waals surface area contributed by atoms with Crippen LogP contribution in [0.5, 0.6) is 0 Å². The van der Waals surface area contributed by atoms with Gasteiger partial charge in [-0.05, 0) is 24.6 Å². The van der Waals surface area contributed by atoms with Crippen LogP contribution in [0.1, 0.15) is 27.0 Å². The van der Waals surface area contributed by atoms with Gasteiger partial charge in [0.25, 0.3) is 5.24 Å². The Bertz CT molecular complexity index is 448. The summed E-state index contributed by atoms with van der Waals surface area (Å²) in [6.45, 7) is 4.54. The van der Waals surface area contributed by atoms with Crippen molar-refractivity contribution in [3.05, 3.63) is 34.0 Å². The number of rotatable bonds is 3. The largest absolute Gasteiger partial charge is 0.275 e. The van der Waals surface area contributed by atoms with Crippen molar-refractivity contribution >= 4 is 39.8 Å². The van der Waals surface area contributed by atoms with Gasteiger partial charge in [0.05, 0.1) is 9.75 Å². The minimum absolute atomic E-state index is 0.00500. The van der Waals surface area contributed by atoms with E-state index < -0.39 is 16.9 Å². The smallest absolute Gasteiger partial charge is 0.262 e. The molecule has 0 amide bonds. The van der Waals surface area contributed by atoms with Crippen LogP contribution in [0, 0.1) is 0 Å². The van der Waals surface area contributed by atoms with Gasteiger partial charge in [0.1, 0.15) is 11.7 Å². The van der Waals surface area contributed by atoms with Crippen LogP contribution in [0.25, 0.3) is 11.7 Å². The Kier molecular flexibility index (Phi) is 3.77. The minimum Gasteiger partial charge on any atom is -0.275 e. The lowest BCUT2D eigenvalue weighted by atomic mass is 10.2. The monoisotopic (exact) mass is 248 g/mol. The number of hydrogen-bond acceptors (Lipinski definition) is 2. The highest BCUT2D eigenvalue weighted by molar-refractivity contribution is 7.17. The molecule has 0 saturated carbocycles. The van der Waals surface area contributed by atoms with Crippen molar-refractivity contribution in [1.82, 2.24) is 0 Å². The summed E-state index contributed by atoms with van der Waals surface area (Å²) in [7, 11) is 0. The van der Waals surface area contributed by atoms with E-state index in [2.05, 4.69) is 6.58 Å². The Morgan fingerprint density at radius 2 is 2.20 bits per heavy atom.